The number of hydrogen-bond donors (Lipinski definition) is 7. The SMILES string of the molecule is CO[C@H]1O[C@H](CO[C@@H]2O[C@H](C(=O)O)[C@@H](O)[C@H](O)[C@H]2O)[C@@H](O)[C@H](O)[C@H]1O. The highest BCUT2D eigenvalue weighted by atomic mass is 16.7. The largest absolute Gasteiger partial charge is 0.479 e. The minimum absolute atomic E-state index is 0.498. The molecule has 0 aliphatic carbocycles. The molecule has 2 fully saturated rings. The first kappa shape index (κ1) is 20.4. The van der Waals surface area contributed by atoms with Gasteiger partial charge in [0.1, 0.15) is 42.7 Å². The van der Waals surface area contributed by atoms with Crippen molar-refractivity contribution in [1.82, 2.24) is 0 Å². The molecule has 0 bridgehead atoms. The third-order valence-electron chi connectivity index (χ3n) is 4.14. The van der Waals surface area contributed by atoms with Gasteiger partial charge in [0.25, 0.3) is 0 Å². The van der Waals surface area contributed by atoms with Crippen molar-refractivity contribution in [2.75, 3.05) is 13.7 Å². The van der Waals surface area contributed by atoms with Crippen LogP contribution >= 0.6 is 0 Å². The van der Waals surface area contributed by atoms with Crippen LogP contribution in [0.4, 0.5) is 0 Å². The Labute approximate surface area is 141 Å². The number of aliphatic hydroxyl groups excluding tert-OH is 6. The number of rotatable bonds is 5. The fourth-order valence-corrected chi connectivity index (χ4v) is 2.63. The molecule has 25 heavy (non-hydrogen) atoms. The molecule has 2 heterocycles. The maximum absolute atomic E-state index is 11.0. The van der Waals surface area contributed by atoms with E-state index in [1.807, 2.05) is 0 Å². The van der Waals surface area contributed by atoms with Crippen LogP contribution in [0.15, 0.2) is 0 Å². The standard InChI is InChI=1S/C13H22O12/c1-22-12-8(18)5(15)4(14)3(24-12)2-23-13-9(19)6(16)7(17)10(25-13)11(20)21/h3-10,12-19H,2H2,1H3,(H,20,21)/t3-,4-,5+,6+,7+,8-,9-,10+,12+,13-/m1/s1. The van der Waals surface area contributed by atoms with Crippen molar-refractivity contribution in [2.24, 2.45) is 0 Å². The lowest BCUT2D eigenvalue weighted by atomic mass is 9.98. The van der Waals surface area contributed by atoms with Gasteiger partial charge in [-0.3, -0.25) is 0 Å². The van der Waals surface area contributed by atoms with Crippen LogP contribution < -0.4 is 0 Å². The van der Waals surface area contributed by atoms with Gasteiger partial charge in [-0.25, -0.2) is 4.79 Å². The zero-order valence-corrected chi connectivity index (χ0v) is 13.2. The Morgan fingerprint density at radius 1 is 0.840 bits per heavy atom. The molecule has 12 heteroatoms. The van der Waals surface area contributed by atoms with Crippen LogP contribution in [0.25, 0.3) is 0 Å². The Bertz CT molecular complexity index is 458. The zero-order valence-electron chi connectivity index (χ0n) is 13.2. The number of ether oxygens (including phenoxy) is 4. The van der Waals surface area contributed by atoms with Crippen molar-refractivity contribution in [3.8, 4) is 0 Å². The Hall–Kier alpha value is -0.930. The average molecular weight is 370 g/mol. The first-order valence-corrected chi connectivity index (χ1v) is 7.45. The lowest BCUT2D eigenvalue weighted by Crippen LogP contribution is -2.62. The van der Waals surface area contributed by atoms with E-state index in [9.17, 15) is 35.4 Å². The minimum Gasteiger partial charge on any atom is -0.479 e. The highest BCUT2D eigenvalue weighted by Crippen LogP contribution is 2.25. The van der Waals surface area contributed by atoms with Crippen LogP contribution in [0.1, 0.15) is 0 Å². The summed E-state index contributed by atoms with van der Waals surface area (Å²) in [5.41, 5.74) is 0. The molecule has 2 saturated heterocycles. The molecule has 10 atom stereocenters. The van der Waals surface area contributed by atoms with E-state index in [4.69, 9.17) is 24.1 Å². The predicted molar refractivity (Wildman–Crippen MR) is 74.0 cm³/mol. The van der Waals surface area contributed by atoms with E-state index in [1.165, 1.54) is 7.11 Å². The van der Waals surface area contributed by atoms with Crippen LogP contribution in [0.2, 0.25) is 0 Å². The van der Waals surface area contributed by atoms with Crippen LogP contribution in [-0.4, -0.2) is 117 Å². The summed E-state index contributed by atoms with van der Waals surface area (Å²) in [6.45, 7) is -0.498. The molecule has 0 aromatic heterocycles. The van der Waals surface area contributed by atoms with Crippen LogP contribution in [0.3, 0.4) is 0 Å². The van der Waals surface area contributed by atoms with Crippen molar-refractivity contribution < 1.29 is 59.5 Å². The maximum atomic E-state index is 11.0. The monoisotopic (exact) mass is 370 g/mol. The molecule has 7 N–H and O–H groups in total. The van der Waals surface area contributed by atoms with Gasteiger partial charge in [0.05, 0.1) is 6.61 Å². The van der Waals surface area contributed by atoms with Gasteiger partial charge in [-0.1, -0.05) is 0 Å². The van der Waals surface area contributed by atoms with E-state index in [0.29, 0.717) is 0 Å². The van der Waals surface area contributed by atoms with E-state index in [2.05, 4.69) is 0 Å². The van der Waals surface area contributed by atoms with Crippen LogP contribution in [0, 0.1) is 0 Å². The molecular formula is C13H22O12. The van der Waals surface area contributed by atoms with Gasteiger partial charge in [-0.05, 0) is 0 Å². The van der Waals surface area contributed by atoms with Gasteiger partial charge in [0.2, 0.25) is 0 Å². The van der Waals surface area contributed by atoms with Gasteiger partial charge in [0, 0.05) is 7.11 Å². The minimum atomic E-state index is -1.86. The normalized spacial score (nSPS) is 48.3. The molecule has 0 radical (unpaired) electrons. The summed E-state index contributed by atoms with van der Waals surface area (Å²) in [5, 5.41) is 67.3. The summed E-state index contributed by atoms with van der Waals surface area (Å²) in [6, 6.07) is 0. The van der Waals surface area contributed by atoms with Crippen molar-refractivity contribution in [3.63, 3.8) is 0 Å². The fourth-order valence-electron chi connectivity index (χ4n) is 2.63. The number of hydrogen-bond acceptors (Lipinski definition) is 11. The number of aliphatic carboxylic acids is 1. The number of carboxylic acid groups (broad SMARTS) is 1. The first-order valence-electron chi connectivity index (χ1n) is 7.45. The molecule has 2 rings (SSSR count). The molecule has 0 spiro atoms. The van der Waals surface area contributed by atoms with Gasteiger partial charge in [-0.2, -0.15) is 0 Å². The summed E-state index contributed by atoms with van der Waals surface area (Å²) >= 11 is 0. The van der Waals surface area contributed by atoms with Crippen molar-refractivity contribution in [1.29, 1.82) is 0 Å². The number of carboxylic acids is 1. The highest BCUT2D eigenvalue weighted by molar-refractivity contribution is 5.73. The van der Waals surface area contributed by atoms with Crippen LogP contribution in [-0.2, 0) is 23.7 Å². The molecule has 0 aromatic carbocycles. The molecular weight excluding hydrogens is 348 g/mol. The van der Waals surface area contributed by atoms with Crippen molar-refractivity contribution in [3.05, 3.63) is 0 Å². The van der Waals surface area contributed by atoms with E-state index in [0.717, 1.165) is 0 Å². The second-order valence-electron chi connectivity index (χ2n) is 5.82. The highest BCUT2D eigenvalue weighted by Gasteiger charge is 2.49. The van der Waals surface area contributed by atoms with Crippen LogP contribution in [0.5, 0.6) is 0 Å². The quantitative estimate of drug-likeness (QED) is 0.245. The summed E-state index contributed by atoms with van der Waals surface area (Å²) in [4.78, 5) is 11.0. The average Bonchev–Trinajstić information content (AvgIpc) is 2.58. The first-order chi connectivity index (χ1) is 11.7. The van der Waals surface area contributed by atoms with Crippen molar-refractivity contribution >= 4 is 5.97 Å². The lowest BCUT2D eigenvalue weighted by Gasteiger charge is -2.42. The Kier molecular flexibility index (Phi) is 6.67. The Morgan fingerprint density at radius 2 is 1.40 bits per heavy atom. The lowest BCUT2D eigenvalue weighted by molar-refractivity contribution is -0.324. The number of carbonyl (C=O) groups is 1. The maximum Gasteiger partial charge on any atom is 0.335 e. The van der Waals surface area contributed by atoms with Crippen molar-refractivity contribution in [2.45, 2.75) is 61.4 Å². The molecule has 2 aliphatic rings. The van der Waals surface area contributed by atoms with E-state index in [1.54, 1.807) is 0 Å². The summed E-state index contributed by atoms with van der Waals surface area (Å²) in [7, 11) is 1.21. The summed E-state index contributed by atoms with van der Waals surface area (Å²) < 4.78 is 20.1. The van der Waals surface area contributed by atoms with E-state index in [-0.39, 0.29) is 0 Å². The molecule has 0 unspecified atom stereocenters. The van der Waals surface area contributed by atoms with E-state index >= 15 is 0 Å². The molecule has 0 amide bonds. The third-order valence-corrected chi connectivity index (χ3v) is 4.14. The molecule has 12 nitrogen and oxygen atoms in total. The zero-order chi connectivity index (χ0) is 18.9. The number of methoxy groups -OCH3 is 1. The Morgan fingerprint density at radius 3 is 1.96 bits per heavy atom. The third kappa shape index (κ3) is 4.09. The number of aliphatic hydroxyl groups is 6. The predicted octanol–water partition coefficient (Wildman–Crippen LogP) is -4.65. The van der Waals surface area contributed by atoms with Gasteiger partial charge >= 0.3 is 5.97 Å². The fraction of sp³-hybridized carbons (Fsp3) is 0.923. The second kappa shape index (κ2) is 8.18. The second-order valence-corrected chi connectivity index (χ2v) is 5.82. The Balaban J connectivity index is 2.00. The topological polar surface area (TPSA) is 196 Å². The molecule has 2 aliphatic heterocycles. The van der Waals surface area contributed by atoms with Gasteiger partial charge < -0.3 is 54.7 Å². The molecule has 0 aromatic rings. The smallest absolute Gasteiger partial charge is 0.335 e. The summed E-state index contributed by atoms with van der Waals surface area (Å²) in [6.07, 6.45) is -16.0. The van der Waals surface area contributed by atoms with Gasteiger partial charge in [0.15, 0.2) is 18.7 Å². The van der Waals surface area contributed by atoms with Gasteiger partial charge in [-0.15, -0.1) is 0 Å². The molecule has 146 valence electrons. The van der Waals surface area contributed by atoms with E-state index < -0.39 is 74.0 Å². The molecule has 0 saturated carbocycles. The summed E-state index contributed by atoms with van der Waals surface area (Å²) in [5.74, 6) is -1.57.